The summed E-state index contributed by atoms with van der Waals surface area (Å²) in [6, 6.07) is 11.9. The summed E-state index contributed by atoms with van der Waals surface area (Å²) in [5, 5.41) is 37.8. The SMILES string of the molecule is Cc1nc(C(C#N)=Cc2ccco2)sc1N=Nc1ccccc1[NH+]([O-])O. The van der Waals surface area contributed by atoms with Crippen LogP contribution in [0.2, 0.25) is 0 Å². The summed E-state index contributed by atoms with van der Waals surface area (Å²) >= 11 is 1.20. The molecule has 3 aromatic rings. The number of hydrogen-bond acceptors (Lipinski definition) is 8. The molecule has 3 rings (SSSR count). The molecule has 0 saturated heterocycles. The van der Waals surface area contributed by atoms with Crippen molar-refractivity contribution in [2.45, 2.75) is 6.92 Å². The van der Waals surface area contributed by atoms with E-state index >= 15 is 0 Å². The highest BCUT2D eigenvalue weighted by atomic mass is 32.1. The van der Waals surface area contributed by atoms with Crippen molar-refractivity contribution >= 4 is 39.4 Å². The number of nitriles is 1. The standard InChI is InChI=1S/C17H13N5O3S/c1-11-16(21-20-14-6-2-3-7-15(14)22(23)24)26-17(19-11)12(10-18)9-13-5-4-8-25-13/h2-9,22-23H,1H3. The number of azo groups is 1. The Labute approximate surface area is 152 Å². The minimum absolute atomic E-state index is 0.0640. The number of aromatic nitrogens is 1. The summed E-state index contributed by atoms with van der Waals surface area (Å²) in [5.74, 6) is 0.549. The second-order valence-corrected chi connectivity index (χ2v) is 6.09. The van der Waals surface area contributed by atoms with Crippen LogP contribution in [-0.4, -0.2) is 10.2 Å². The molecule has 1 unspecified atom stereocenters. The van der Waals surface area contributed by atoms with E-state index in [2.05, 4.69) is 21.3 Å². The molecule has 0 aliphatic heterocycles. The van der Waals surface area contributed by atoms with Gasteiger partial charge in [-0.05, 0) is 25.1 Å². The van der Waals surface area contributed by atoms with Crippen LogP contribution < -0.4 is 5.23 Å². The molecule has 2 heterocycles. The zero-order chi connectivity index (χ0) is 18.5. The average molecular weight is 367 g/mol. The van der Waals surface area contributed by atoms with E-state index in [0.717, 1.165) is 0 Å². The van der Waals surface area contributed by atoms with E-state index in [-0.39, 0.29) is 11.4 Å². The topological polar surface area (TPSA) is 122 Å². The van der Waals surface area contributed by atoms with E-state index in [4.69, 9.17) is 4.42 Å². The number of benzene rings is 1. The lowest BCUT2D eigenvalue weighted by Gasteiger charge is -2.12. The Balaban J connectivity index is 1.91. The predicted molar refractivity (Wildman–Crippen MR) is 95.4 cm³/mol. The summed E-state index contributed by atoms with van der Waals surface area (Å²) in [6.07, 6.45) is 3.12. The Hall–Kier alpha value is -3.16. The van der Waals surface area contributed by atoms with Gasteiger partial charge in [0.05, 0.1) is 17.5 Å². The van der Waals surface area contributed by atoms with Crippen molar-refractivity contribution in [1.82, 2.24) is 4.98 Å². The molecule has 2 aromatic heterocycles. The lowest BCUT2D eigenvalue weighted by Crippen LogP contribution is -2.99. The molecule has 0 aliphatic carbocycles. The molecule has 130 valence electrons. The van der Waals surface area contributed by atoms with Crippen molar-refractivity contribution < 1.29 is 14.9 Å². The largest absolute Gasteiger partial charge is 0.595 e. The molecule has 0 saturated carbocycles. The highest BCUT2D eigenvalue weighted by Gasteiger charge is 2.13. The Kier molecular flexibility index (Phi) is 5.31. The Morgan fingerprint density at radius 2 is 2.15 bits per heavy atom. The molecule has 8 nitrogen and oxygen atoms in total. The number of para-hydroxylation sites is 1. The van der Waals surface area contributed by atoms with Gasteiger partial charge in [0, 0.05) is 12.1 Å². The van der Waals surface area contributed by atoms with E-state index in [0.29, 0.717) is 27.0 Å². The normalized spacial score (nSPS) is 13.1. The van der Waals surface area contributed by atoms with Crippen LogP contribution in [-0.2, 0) is 0 Å². The number of furan rings is 1. The van der Waals surface area contributed by atoms with Gasteiger partial charge in [0.2, 0.25) is 0 Å². The molecule has 0 aliphatic rings. The van der Waals surface area contributed by atoms with Crippen LogP contribution in [0.15, 0.2) is 57.3 Å². The van der Waals surface area contributed by atoms with Crippen LogP contribution in [0.1, 0.15) is 16.5 Å². The minimum Gasteiger partial charge on any atom is -0.595 e. The van der Waals surface area contributed by atoms with Crippen molar-refractivity contribution in [3.05, 3.63) is 64.3 Å². The third kappa shape index (κ3) is 3.90. The summed E-state index contributed by atoms with van der Waals surface area (Å²) in [7, 11) is 0. The molecular formula is C17H13N5O3S. The van der Waals surface area contributed by atoms with Crippen molar-refractivity contribution in [1.29, 1.82) is 5.26 Å². The van der Waals surface area contributed by atoms with Gasteiger partial charge in [-0.15, -0.1) is 10.2 Å². The van der Waals surface area contributed by atoms with Crippen molar-refractivity contribution in [2.75, 3.05) is 0 Å². The third-order valence-electron chi connectivity index (χ3n) is 3.34. The number of quaternary nitrogens is 1. The number of rotatable bonds is 5. The van der Waals surface area contributed by atoms with Gasteiger partial charge in [0.15, 0.2) is 10.7 Å². The second kappa shape index (κ2) is 7.81. The van der Waals surface area contributed by atoms with Gasteiger partial charge in [0.1, 0.15) is 22.5 Å². The quantitative estimate of drug-likeness (QED) is 0.402. The Morgan fingerprint density at radius 1 is 1.35 bits per heavy atom. The summed E-state index contributed by atoms with van der Waals surface area (Å²) in [5.41, 5.74) is 1.26. The van der Waals surface area contributed by atoms with Crippen molar-refractivity contribution in [2.24, 2.45) is 10.2 Å². The van der Waals surface area contributed by atoms with Gasteiger partial charge in [0.25, 0.3) is 0 Å². The first-order valence-corrected chi connectivity index (χ1v) is 8.27. The van der Waals surface area contributed by atoms with Crippen LogP contribution in [0.3, 0.4) is 0 Å². The monoisotopic (exact) mass is 367 g/mol. The first-order chi connectivity index (χ1) is 12.6. The fraction of sp³-hybridized carbons (Fsp3) is 0.0588. The average Bonchev–Trinajstić information content (AvgIpc) is 3.27. The Morgan fingerprint density at radius 3 is 2.85 bits per heavy atom. The number of nitrogens with one attached hydrogen (secondary N) is 1. The Bertz CT molecular complexity index is 1000. The maximum Gasteiger partial charge on any atom is 0.191 e. The van der Waals surface area contributed by atoms with Crippen LogP contribution in [0.4, 0.5) is 16.4 Å². The molecule has 26 heavy (non-hydrogen) atoms. The molecule has 1 aromatic carbocycles. The molecule has 0 amide bonds. The predicted octanol–water partition coefficient (Wildman–Crippen LogP) is 3.93. The fourth-order valence-corrected chi connectivity index (χ4v) is 2.95. The smallest absolute Gasteiger partial charge is 0.191 e. The first kappa shape index (κ1) is 17.7. The van der Waals surface area contributed by atoms with E-state index in [1.54, 1.807) is 43.3 Å². The van der Waals surface area contributed by atoms with Gasteiger partial charge in [-0.25, -0.2) is 10.2 Å². The number of nitrogens with zero attached hydrogens (tertiary/aromatic N) is 4. The van der Waals surface area contributed by atoms with Crippen LogP contribution >= 0.6 is 11.3 Å². The molecular weight excluding hydrogens is 354 g/mol. The molecule has 0 spiro atoms. The van der Waals surface area contributed by atoms with Gasteiger partial charge >= 0.3 is 0 Å². The highest BCUT2D eigenvalue weighted by Crippen LogP contribution is 2.33. The van der Waals surface area contributed by atoms with Crippen molar-refractivity contribution in [3.63, 3.8) is 0 Å². The number of allylic oxidation sites excluding steroid dienone is 1. The number of thiazole rings is 1. The van der Waals surface area contributed by atoms with Crippen LogP contribution in [0.25, 0.3) is 11.6 Å². The lowest BCUT2D eigenvalue weighted by molar-refractivity contribution is -0.990. The molecule has 2 N–H and O–H groups in total. The van der Waals surface area contributed by atoms with E-state index in [1.807, 2.05) is 0 Å². The first-order valence-electron chi connectivity index (χ1n) is 7.45. The minimum atomic E-state index is -1.07. The highest BCUT2D eigenvalue weighted by molar-refractivity contribution is 7.16. The number of hydrogen-bond donors (Lipinski definition) is 2. The molecule has 1 atom stereocenters. The molecule has 0 radical (unpaired) electrons. The van der Waals surface area contributed by atoms with Gasteiger partial charge in [-0.3, -0.25) is 0 Å². The molecule has 0 bridgehead atoms. The maximum atomic E-state index is 11.2. The summed E-state index contributed by atoms with van der Waals surface area (Å²) < 4.78 is 5.22. The van der Waals surface area contributed by atoms with Gasteiger partial charge in [-0.2, -0.15) is 10.5 Å². The fourth-order valence-electron chi connectivity index (χ4n) is 2.09. The van der Waals surface area contributed by atoms with Crippen LogP contribution in [0, 0.1) is 23.5 Å². The summed E-state index contributed by atoms with van der Waals surface area (Å²) in [6.45, 7) is 1.75. The number of aryl methyl sites for hydroxylation is 1. The van der Waals surface area contributed by atoms with Crippen molar-refractivity contribution in [3.8, 4) is 6.07 Å². The zero-order valence-electron chi connectivity index (χ0n) is 13.6. The van der Waals surface area contributed by atoms with E-state index < -0.39 is 5.23 Å². The third-order valence-corrected chi connectivity index (χ3v) is 4.41. The van der Waals surface area contributed by atoms with E-state index in [1.165, 1.54) is 23.7 Å². The van der Waals surface area contributed by atoms with Crippen LogP contribution in [0.5, 0.6) is 0 Å². The summed E-state index contributed by atoms with van der Waals surface area (Å²) in [4.78, 5) is 4.35. The van der Waals surface area contributed by atoms with E-state index in [9.17, 15) is 15.7 Å². The molecule has 0 fully saturated rings. The second-order valence-electron chi connectivity index (χ2n) is 5.12. The molecule has 9 heteroatoms. The maximum absolute atomic E-state index is 11.2. The zero-order valence-corrected chi connectivity index (χ0v) is 14.4. The lowest BCUT2D eigenvalue weighted by atomic mass is 10.2. The van der Waals surface area contributed by atoms with Gasteiger partial charge < -0.3 is 9.62 Å². The van der Waals surface area contributed by atoms with Gasteiger partial charge in [-0.1, -0.05) is 23.5 Å².